The SMILES string of the molecule is FC(F)(F)C1(c2ccc(C3CCNCC3)cc2)CC1. The summed E-state index contributed by atoms with van der Waals surface area (Å²) in [5.74, 6) is 0.497. The van der Waals surface area contributed by atoms with Crippen LogP contribution in [0, 0.1) is 0 Å². The number of alkyl halides is 3. The van der Waals surface area contributed by atoms with Gasteiger partial charge in [-0.05, 0) is 55.8 Å². The van der Waals surface area contributed by atoms with Crippen molar-refractivity contribution in [1.29, 1.82) is 0 Å². The largest absolute Gasteiger partial charge is 0.398 e. The molecule has 0 spiro atoms. The summed E-state index contributed by atoms with van der Waals surface area (Å²) in [6.07, 6.45) is -1.48. The molecular formula is C15H18F3N. The topological polar surface area (TPSA) is 12.0 Å². The molecule has 1 aliphatic carbocycles. The quantitative estimate of drug-likeness (QED) is 0.862. The highest BCUT2D eigenvalue weighted by molar-refractivity contribution is 5.36. The maximum absolute atomic E-state index is 13.0. The minimum atomic E-state index is -4.11. The molecule has 104 valence electrons. The summed E-state index contributed by atoms with van der Waals surface area (Å²) in [5.41, 5.74) is 0.0838. The number of rotatable bonds is 2. The molecule has 1 saturated heterocycles. The van der Waals surface area contributed by atoms with Crippen LogP contribution >= 0.6 is 0 Å². The summed E-state index contributed by atoms with van der Waals surface area (Å²) in [6, 6.07) is 7.18. The first-order chi connectivity index (χ1) is 9.03. The highest BCUT2D eigenvalue weighted by Gasteiger charge is 2.64. The second kappa shape index (κ2) is 4.51. The van der Waals surface area contributed by atoms with Crippen molar-refractivity contribution in [2.75, 3.05) is 13.1 Å². The van der Waals surface area contributed by atoms with Gasteiger partial charge < -0.3 is 5.32 Å². The Labute approximate surface area is 111 Å². The van der Waals surface area contributed by atoms with Crippen LogP contribution in [-0.4, -0.2) is 19.3 Å². The van der Waals surface area contributed by atoms with Gasteiger partial charge in [0.1, 0.15) is 0 Å². The van der Waals surface area contributed by atoms with Crippen molar-refractivity contribution in [3.05, 3.63) is 35.4 Å². The van der Waals surface area contributed by atoms with Gasteiger partial charge in [0.05, 0.1) is 5.41 Å². The Kier molecular flexibility index (Phi) is 3.08. The highest BCUT2D eigenvalue weighted by atomic mass is 19.4. The van der Waals surface area contributed by atoms with Crippen molar-refractivity contribution < 1.29 is 13.2 Å². The Morgan fingerprint density at radius 2 is 1.58 bits per heavy atom. The van der Waals surface area contributed by atoms with Crippen molar-refractivity contribution >= 4 is 0 Å². The van der Waals surface area contributed by atoms with Gasteiger partial charge in [0.25, 0.3) is 0 Å². The molecule has 0 unspecified atom stereocenters. The zero-order valence-electron chi connectivity index (χ0n) is 10.8. The van der Waals surface area contributed by atoms with Crippen molar-refractivity contribution in [2.45, 2.75) is 43.2 Å². The fraction of sp³-hybridized carbons (Fsp3) is 0.600. The zero-order valence-corrected chi connectivity index (χ0v) is 10.8. The Morgan fingerprint density at radius 3 is 2.05 bits per heavy atom. The van der Waals surface area contributed by atoms with Crippen LogP contribution in [0.3, 0.4) is 0 Å². The summed E-state index contributed by atoms with van der Waals surface area (Å²) in [4.78, 5) is 0. The zero-order chi connectivity index (χ0) is 13.5. The van der Waals surface area contributed by atoms with Crippen LogP contribution in [0.4, 0.5) is 13.2 Å². The molecule has 0 atom stereocenters. The summed E-state index contributed by atoms with van der Waals surface area (Å²) in [6.45, 7) is 2.00. The van der Waals surface area contributed by atoms with Crippen LogP contribution in [0.5, 0.6) is 0 Å². The van der Waals surface area contributed by atoms with Crippen molar-refractivity contribution in [3.8, 4) is 0 Å². The Bertz CT molecular complexity index is 439. The molecule has 2 aliphatic rings. The third-order valence-corrected chi connectivity index (χ3v) is 4.57. The predicted octanol–water partition coefficient (Wildman–Crippen LogP) is 3.75. The standard InChI is InChI=1S/C15H18F3N/c16-15(17,18)14(7-8-14)13-3-1-11(2-4-13)12-5-9-19-10-6-12/h1-4,12,19H,5-10H2. The van der Waals surface area contributed by atoms with Gasteiger partial charge in [-0.1, -0.05) is 24.3 Å². The van der Waals surface area contributed by atoms with Crippen molar-refractivity contribution in [1.82, 2.24) is 5.32 Å². The number of halogens is 3. The molecule has 2 fully saturated rings. The van der Waals surface area contributed by atoms with E-state index in [0.29, 0.717) is 11.5 Å². The van der Waals surface area contributed by atoms with Gasteiger partial charge in [0.15, 0.2) is 0 Å². The van der Waals surface area contributed by atoms with Gasteiger partial charge >= 0.3 is 6.18 Å². The predicted molar refractivity (Wildman–Crippen MR) is 68.3 cm³/mol. The van der Waals surface area contributed by atoms with E-state index in [4.69, 9.17) is 0 Å². The third-order valence-electron chi connectivity index (χ3n) is 4.57. The molecule has 1 aliphatic heterocycles. The number of piperidine rings is 1. The number of hydrogen-bond donors (Lipinski definition) is 1. The molecule has 0 aromatic heterocycles. The first kappa shape index (κ1) is 13.0. The summed E-state index contributed by atoms with van der Waals surface area (Å²) < 4.78 is 39.1. The van der Waals surface area contributed by atoms with Crippen LogP contribution in [0.2, 0.25) is 0 Å². The lowest BCUT2D eigenvalue weighted by Crippen LogP contribution is -2.29. The van der Waals surface area contributed by atoms with Gasteiger partial charge in [-0.25, -0.2) is 0 Å². The normalized spacial score (nSPS) is 23.3. The van der Waals surface area contributed by atoms with Gasteiger partial charge in [0.2, 0.25) is 0 Å². The van der Waals surface area contributed by atoms with Crippen LogP contribution in [-0.2, 0) is 5.41 Å². The van der Waals surface area contributed by atoms with E-state index in [1.807, 2.05) is 12.1 Å². The van der Waals surface area contributed by atoms with E-state index >= 15 is 0 Å². The van der Waals surface area contributed by atoms with E-state index in [1.165, 1.54) is 5.56 Å². The van der Waals surface area contributed by atoms with E-state index in [0.717, 1.165) is 25.9 Å². The lowest BCUT2D eigenvalue weighted by molar-refractivity contribution is -0.160. The Balaban J connectivity index is 1.79. The summed E-state index contributed by atoms with van der Waals surface area (Å²) in [7, 11) is 0. The fourth-order valence-corrected chi connectivity index (χ4v) is 3.09. The lowest BCUT2D eigenvalue weighted by atomic mass is 9.87. The molecule has 19 heavy (non-hydrogen) atoms. The van der Waals surface area contributed by atoms with E-state index in [2.05, 4.69) is 5.32 Å². The maximum Gasteiger partial charge on any atom is 0.398 e. The van der Waals surface area contributed by atoms with Gasteiger partial charge in [0, 0.05) is 0 Å². The van der Waals surface area contributed by atoms with Crippen LogP contribution < -0.4 is 5.32 Å². The summed E-state index contributed by atoms with van der Waals surface area (Å²) in [5, 5.41) is 3.30. The molecule has 3 rings (SSSR count). The van der Waals surface area contributed by atoms with Crippen LogP contribution in [0.15, 0.2) is 24.3 Å². The molecule has 0 amide bonds. The Hall–Kier alpha value is -1.03. The van der Waals surface area contributed by atoms with Crippen LogP contribution in [0.25, 0.3) is 0 Å². The van der Waals surface area contributed by atoms with Crippen molar-refractivity contribution in [2.24, 2.45) is 0 Å². The van der Waals surface area contributed by atoms with Gasteiger partial charge in [-0.2, -0.15) is 13.2 Å². The van der Waals surface area contributed by atoms with E-state index in [1.54, 1.807) is 12.1 Å². The molecule has 1 aromatic carbocycles. The average Bonchev–Trinajstić information content (AvgIpc) is 3.21. The van der Waals surface area contributed by atoms with Gasteiger partial charge in [-0.15, -0.1) is 0 Å². The first-order valence-corrected chi connectivity index (χ1v) is 6.91. The molecule has 4 heteroatoms. The van der Waals surface area contributed by atoms with E-state index in [9.17, 15) is 13.2 Å². The molecule has 1 saturated carbocycles. The number of nitrogens with one attached hydrogen (secondary N) is 1. The maximum atomic E-state index is 13.0. The Morgan fingerprint density at radius 1 is 1.00 bits per heavy atom. The first-order valence-electron chi connectivity index (χ1n) is 6.91. The van der Waals surface area contributed by atoms with Gasteiger partial charge in [-0.3, -0.25) is 0 Å². The molecular weight excluding hydrogens is 251 g/mol. The average molecular weight is 269 g/mol. The second-order valence-corrected chi connectivity index (χ2v) is 5.73. The number of hydrogen-bond acceptors (Lipinski definition) is 1. The minimum Gasteiger partial charge on any atom is -0.317 e. The highest BCUT2D eigenvalue weighted by Crippen LogP contribution is 2.58. The summed E-state index contributed by atoms with van der Waals surface area (Å²) >= 11 is 0. The number of benzene rings is 1. The smallest absolute Gasteiger partial charge is 0.317 e. The molecule has 1 heterocycles. The lowest BCUT2D eigenvalue weighted by Gasteiger charge is -2.24. The molecule has 0 bridgehead atoms. The van der Waals surface area contributed by atoms with E-state index in [-0.39, 0.29) is 12.8 Å². The van der Waals surface area contributed by atoms with E-state index < -0.39 is 11.6 Å². The molecule has 1 nitrogen and oxygen atoms in total. The van der Waals surface area contributed by atoms with Crippen molar-refractivity contribution in [3.63, 3.8) is 0 Å². The van der Waals surface area contributed by atoms with Crippen LogP contribution in [0.1, 0.15) is 42.7 Å². The fourth-order valence-electron chi connectivity index (χ4n) is 3.09. The monoisotopic (exact) mass is 269 g/mol. The molecule has 1 aromatic rings. The minimum absolute atomic E-state index is 0.239. The third kappa shape index (κ3) is 2.27. The molecule has 1 N–H and O–H groups in total. The molecule has 0 radical (unpaired) electrons. The second-order valence-electron chi connectivity index (χ2n) is 5.73.